The first-order chi connectivity index (χ1) is 7.83. The zero-order chi connectivity index (χ0) is 11.4. The number of benzene rings is 2. The van der Waals surface area contributed by atoms with E-state index in [2.05, 4.69) is 37.3 Å². The Balaban J connectivity index is 2.48. The highest BCUT2D eigenvalue weighted by atomic mass is 16.3. The first kappa shape index (κ1) is 10.9. The van der Waals surface area contributed by atoms with Crippen LogP contribution in [0.4, 0.5) is 0 Å². The fourth-order valence-electron chi connectivity index (χ4n) is 1.86. The summed E-state index contributed by atoms with van der Waals surface area (Å²) in [5, 5.41) is 9.23. The smallest absolute Gasteiger partial charge is 0.0682 e. The molecule has 0 spiro atoms. The van der Waals surface area contributed by atoms with Gasteiger partial charge in [-0.2, -0.15) is 0 Å². The fraction of sp³-hybridized carbons (Fsp3) is 0.200. The van der Waals surface area contributed by atoms with Gasteiger partial charge in [-0.3, -0.25) is 0 Å². The Morgan fingerprint density at radius 2 is 1.56 bits per heavy atom. The summed E-state index contributed by atoms with van der Waals surface area (Å²) in [5.41, 5.74) is 4.64. The van der Waals surface area contributed by atoms with E-state index in [1.807, 2.05) is 18.2 Å². The molecule has 0 bridgehead atoms. The van der Waals surface area contributed by atoms with Crippen LogP contribution in [0.3, 0.4) is 0 Å². The molecule has 2 rings (SSSR count). The second kappa shape index (κ2) is 4.95. The van der Waals surface area contributed by atoms with Crippen LogP contribution >= 0.6 is 0 Å². The molecule has 0 saturated carbocycles. The third-order valence-electron chi connectivity index (χ3n) is 2.75. The van der Waals surface area contributed by atoms with Gasteiger partial charge in [0.15, 0.2) is 0 Å². The van der Waals surface area contributed by atoms with Crippen LogP contribution < -0.4 is 0 Å². The summed E-state index contributed by atoms with van der Waals surface area (Å²) in [7, 11) is 0. The van der Waals surface area contributed by atoms with Crippen molar-refractivity contribution in [1.29, 1.82) is 0 Å². The summed E-state index contributed by atoms with van der Waals surface area (Å²) >= 11 is 0. The molecule has 2 aromatic rings. The van der Waals surface area contributed by atoms with Gasteiger partial charge in [-0.05, 0) is 34.7 Å². The van der Waals surface area contributed by atoms with Crippen molar-refractivity contribution in [3.8, 4) is 11.1 Å². The Morgan fingerprint density at radius 3 is 2.19 bits per heavy atom. The number of aryl methyl sites for hydroxylation is 1. The molecule has 0 unspecified atom stereocenters. The summed E-state index contributed by atoms with van der Waals surface area (Å²) in [6.45, 7) is 2.24. The second-order valence-electron chi connectivity index (χ2n) is 3.92. The van der Waals surface area contributed by atoms with Gasteiger partial charge in [0.25, 0.3) is 0 Å². The second-order valence-corrected chi connectivity index (χ2v) is 3.92. The molecule has 0 aromatic heterocycles. The van der Waals surface area contributed by atoms with Crippen LogP contribution in [0.5, 0.6) is 0 Å². The molecule has 1 nitrogen and oxygen atoms in total. The summed E-state index contributed by atoms with van der Waals surface area (Å²) < 4.78 is 0. The first-order valence-electron chi connectivity index (χ1n) is 5.62. The van der Waals surface area contributed by atoms with Crippen molar-refractivity contribution in [1.82, 2.24) is 0 Å². The molecule has 2 aromatic carbocycles. The summed E-state index contributed by atoms with van der Waals surface area (Å²) in [6, 6.07) is 16.6. The molecule has 0 saturated heterocycles. The van der Waals surface area contributed by atoms with Gasteiger partial charge >= 0.3 is 0 Å². The van der Waals surface area contributed by atoms with Crippen LogP contribution in [-0.2, 0) is 13.0 Å². The minimum Gasteiger partial charge on any atom is -0.392 e. The van der Waals surface area contributed by atoms with Crippen LogP contribution in [0.25, 0.3) is 11.1 Å². The van der Waals surface area contributed by atoms with Crippen molar-refractivity contribution >= 4 is 0 Å². The lowest BCUT2D eigenvalue weighted by Gasteiger charge is -2.07. The van der Waals surface area contributed by atoms with Crippen LogP contribution in [-0.4, -0.2) is 5.11 Å². The average molecular weight is 212 g/mol. The summed E-state index contributed by atoms with van der Waals surface area (Å²) in [4.78, 5) is 0. The van der Waals surface area contributed by atoms with Crippen LogP contribution in [0.2, 0.25) is 0 Å². The molecule has 82 valence electrons. The van der Waals surface area contributed by atoms with E-state index in [4.69, 9.17) is 0 Å². The summed E-state index contributed by atoms with van der Waals surface area (Å²) in [6.07, 6.45) is 0.994. The van der Waals surface area contributed by atoms with E-state index in [1.165, 1.54) is 16.7 Å². The lowest BCUT2D eigenvalue weighted by molar-refractivity contribution is 0.282. The fourth-order valence-corrected chi connectivity index (χ4v) is 1.86. The maximum atomic E-state index is 9.23. The van der Waals surface area contributed by atoms with E-state index >= 15 is 0 Å². The van der Waals surface area contributed by atoms with Crippen LogP contribution in [0, 0.1) is 0 Å². The third-order valence-corrected chi connectivity index (χ3v) is 2.75. The van der Waals surface area contributed by atoms with E-state index in [-0.39, 0.29) is 6.61 Å². The van der Waals surface area contributed by atoms with Gasteiger partial charge in [0.1, 0.15) is 0 Å². The highest BCUT2D eigenvalue weighted by molar-refractivity contribution is 5.65. The van der Waals surface area contributed by atoms with E-state index in [0.717, 1.165) is 12.0 Å². The van der Waals surface area contributed by atoms with Crippen molar-refractivity contribution in [2.24, 2.45) is 0 Å². The van der Waals surface area contributed by atoms with Crippen LogP contribution in [0.1, 0.15) is 18.1 Å². The predicted octanol–water partition coefficient (Wildman–Crippen LogP) is 3.41. The first-order valence-corrected chi connectivity index (χ1v) is 5.62. The molecule has 0 heterocycles. The Morgan fingerprint density at radius 1 is 0.875 bits per heavy atom. The number of hydrogen-bond acceptors (Lipinski definition) is 1. The highest BCUT2D eigenvalue weighted by Gasteiger charge is 2.01. The minimum absolute atomic E-state index is 0.105. The quantitative estimate of drug-likeness (QED) is 0.826. The van der Waals surface area contributed by atoms with Gasteiger partial charge in [0.05, 0.1) is 6.61 Å². The molecule has 0 aliphatic carbocycles. The van der Waals surface area contributed by atoms with Crippen molar-refractivity contribution in [2.45, 2.75) is 20.0 Å². The lowest BCUT2D eigenvalue weighted by Crippen LogP contribution is -1.89. The monoisotopic (exact) mass is 212 g/mol. The maximum Gasteiger partial charge on any atom is 0.0682 e. The Kier molecular flexibility index (Phi) is 3.37. The van der Waals surface area contributed by atoms with Crippen molar-refractivity contribution in [2.75, 3.05) is 0 Å². The van der Waals surface area contributed by atoms with Gasteiger partial charge in [-0.15, -0.1) is 0 Å². The maximum absolute atomic E-state index is 9.23. The van der Waals surface area contributed by atoms with E-state index in [9.17, 15) is 5.11 Å². The number of aliphatic hydroxyl groups excluding tert-OH is 1. The largest absolute Gasteiger partial charge is 0.392 e. The Hall–Kier alpha value is -1.60. The van der Waals surface area contributed by atoms with Gasteiger partial charge in [-0.1, -0.05) is 49.4 Å². The SMILES string of the molecule is CCc1cc(CO)cc(-c2ccccc2)c1. The molecule has 1 heteroatoms. The molecule has 0 radical (unpaired) electrons. The zero-order valence-electron chi connectivity index (χ0n) is 9.48. The van der Waals surface area contributed by atoms with Crippen molar-refractivity contribution in [3.63, 3.8) is 0 Å². The predicted molar refractivity (Wildman–Crippen MR) is 67.2 cm³/mol. The van der Waals surface area contributed by atoms with Gasteiger partial charge in [0.2, 0.25) is 0 Å². The van der Waals surface area contributed by atoms with E-state index in [1.54, 1.807) is 0 Å². The van der Waals surface area contributed by atoms with Gasteiger partial charge in [-0.25, -0.2) is 0 Å². The molecule has 0 amide bonds. The number of rotatable bonds is 3. The Bertz CT molecular complexity index is 438. The van der Waals surface area contributed by atoms with Gasteiger partial charge < -0.3 is 5.11 Å². The third kappa shape index (κ3) is 2.31. The standard InChI is InChI=1S/C15H16O/c1-2-12-8-13(11-16)10-15(9-12)14-6-4-3-5-7-14/h3-10,16H,2,11H2,1H3. The number of aliphatic hydroxyl groups is 1. The molecule has 0 aliphatic heterocycles. The Labute approximate surface area is 96.4 Å². The minimum atomic E-state index is 0.105. The molecular formula is C15H16O. The average Bonchev–Trinajstić information content (AvgIpc) is 2.39. The van der Waals surface area contributed by atoms with Crippen molar-refractivity contribution in [3.05, 3.63) is 59.7 Å². The van der Waals surface area contributed by atoms with E-state index in [0.29, 0.717) is 0 Å². The molecule has 0 fully saturated rings. The molecule has 0 atom stereocenters. The summed E-state index contributed by atoms with van der Waals surface area (Å²) in [5.74, 6) is 0. The molecule has 0 aliphatic rings. The topological polar surface area (TPSA) is 20.2 Å². The van der Waals surface area contributed by atoms with E-state index < -0.39 is 0 Å². The highest BCUT2D eigenvalue weighted by Crippen LogP contribution is 2.22. The zero-order valence-corrected chi connectivity index (χ0v) is 9.48. The molecular weight excluding hydrogens is 196 g/mol. The van der Waals surface area contributed by atoms with Crippen LogP contribution in [0.15, 0.2) is 48.5 Å². The van der Waals surface area contributed by atoms with Crippen molar-refractivity contribution < 1.29 is 5.11 Å². The number of hydrogen-bond donors (Lipinski definition) is 1. The molecule has 1 N–H and O–H groups in total. The normalized spacial score (nSPS) is 10.4. The lowest BCUT2D eigenvalue weighted by atomic mass is 9.99. The molecule has 16 heavy (non-hydrogen) atoms. The van der Waals surface area contributed by atoms with Gasteiger partial charge in [0, 0.05) is 0 Å².